The fourth-order valence-electron chi connectivity index (χ4n) is 3.75. The van der Waals surface area contributed by atoms with Crippen molar-refractivity contribution >= 4 is 0 Å². The van der Waals surface area contributed by atoms with Gasteiger partial charge in [-0.05, 0) is 72.6 Å². The van der Waals surface area contributed by atoms with Crippen LogP contribution in [0.3, 0.4) is 0 Å². The Morgan fingerprint density at radius 1 is 0.559 bits per heavy atom. The van der Waals surface area contributed by atoms with Crippen LogP contribution in [0.1, 0.15) is 26.2 Å². The average Bonchev–Trinajstić information content (AvgIpc) is 2.91. The van der Waals surface area contributed by atoms with E-state index in [2.05, 4.69) is 31.2 Å². The highest BCUT2D eigenvalue weighted by Crippen LogP contribution is 2.34. The van der Waals surface area contributed by atoms with Gasteiger partial charge in [-0.1, -0.05) is 31.9 Å². The Morgan fingerprint density at radius 3 is 1.50 bits per heavy atom. The van der Waals surface area contributed by atoms with Gasteiger partial charge in [-0.25, -0.2) is 4.42 Å². The van der Waals surface area contributed by atoms with Gasteiger partial charge >= 0.3 is 11.5 Å². The smallest absolute Gasteiger partial charge is 0.361 e. The van der Waals surface area contributed by atoms with Crippen LogP contribution in [-0.4, -0.2) is 20.8 Å². The molecule has 4 aromatic rings. The average molecular weight is 456 g/mol. The molecule has 1 heterocycles. The molecule has 0 fully saturated rings. The molecule has 0 saturated heterocycles. The molecule has 34 heavy (non-hydrogen) atoms. The molecular weight excluding hydrogens is 424 g/mol. The first kappa shape index (κ1) is 23.4. The summed E-state index contributed by atoms with van der Waals surface area (Å²) >= 11 is 0. The number of benzene rings is 3. The Labute approximate surface area is 201 Å². The number of methoxy groups -OCH3 is 2. The first-order chi connectivity index (χ1) is 16.7. The Hall–Kier alpha value is -3.79. The zero-order valence-corrected chi connectivity index (χ0v) is 20.0. The topological polar surface area (TPSA) is 39.0 Å². The predicted octanol–water partition coefficient (Wildman–Crippen LogP) is 8.15. The third-order valence-electron chi connectivity index (χ3n) is 5.75. The molecule has 0 atom stereocenters. The molecule has 0 spiro atoms. The van der Waals surface area contributed by atoms with Crippen molar-refractivity contribution < 1.29 is 18.6 Å². The summed E-state index contributed by atoms with van der Waals surface area (Å²) < 4.78 is 22.9. The maximum absolute atomic E-state index is 6.35. The molecular formula is C30H31O4+. The lowest BCUT2D eigenvalue weighted by Gasteiger charge is -2.07. The number of ether oxygens (including phenoxy) is 3. The molecule has 3 aromatic carbocycles. The molecule has 4 rings (SSSR count). The number of rotatable bonds is 10. The molecule has 0 saturated carbocycles. The second-order valence-electron chi connectivity index (χ2n) is 8.11. The second-order valence-corrected chi connectivity index (χ2v) is 8.11. The van der Waals surface area contributed by atoms with E-state index in [4.69, 9.17) is 18.6 Å². The van der Waals surface area contributed by atoms with Crippen molar-refractivity contribution in [1.82, 2.24) is 0 Å². The quantitative estimate of drug-likeness (QED) is 0.179. The Bertz CT molecular complexity index is 1110. The number of hydrogen-bond donors (Lipinski definition) is 0. The van der Waals surface area contributed by atoms with E-state index in [-0.39, 0.29) is 0 Å². The zero-order valence-electron chi connectivity index (χ0n) is 20.0. The first-order valence-corrected chi connectivity index (χ1v) is 11.7. The molecule has 0 unspecified atom stereocenters. The van der Waals surface area contributed by atoms with E-state index >= 15 is 0 Å². The largest absolute Gasteiger partial charge is 0.497 e. The standard InChI is InChI=1S/C30H31O4/c1-4-5-6-19-33-28-17-7-22(8-18-28)25-20-29(23-9-13-26(31-2)14-10-23)34-30(21-25)24-11-15-27(32-3)16-12-24/h7-18,20-21H,4-6,19H2,1-3H3/q+1. The summed E-state index contributed by atoms with van der Waals surface area (Å²) in [5.41, 5.74) is 4.13. The maximum Gasteiger partial charge on any atom is 0.361 e. The minimum Gasteiger partial charge on any atom is -0.497 e. The Morgan fingerprint density at radius 2 is 1.03 bits per heavy atom. The fraction of sp³-hybridized carbons (Fsp3) is 0.233. The Balaban J connectivity index is 1.69. The molecule has 0 N–H and O–H groups in total. The molecule has 0 radical (unpaired) electrons. The molecule has 4 nitrogen and oxygen atoms in total. The lowest BCUT2D eigenvalue weighted by Crippen LogP contribution is -1.96. The highest BCUT2D eigenvalue weighted by Gasteiger charge is 2.21. The molecule has 4 heteroatoms. The van der Waals surface area contributed by atoms with Crippen LogP contribution in [0.25, 0.3) is 33.8 Å². The van der Waals surface area contributed by atoms with Crippen LogP contribution in [0, 0.1) is 0 Å². The summed E-state index contributed by atoms with van der Waals surface area (Å²) in [5, 5.41) is 0. The Kier molecular flexibility index (Phi) is 7.82. The molecule has 0 amide bonds. The van der Waals surface area contributed by atoms with Gasteiger partial charge in [0.1, 0.15) is 17.2 Å². The van der Waals surface area contributed by atoms with Crippen molar-refractivity contribution in [1.29, 1.82) is 0 Å². The molecule has 0 aliphatic rings. The lowest BCUT2D eigenvalue weighted by molar-refractivity contribution is 0.306. The summed E-state index contributed by atoms with van der Waals surface area (Å²) in [6.45, 7) is 2.95. The fourth-order valence-corrected chi connectivity index (χ4v) is 3.75. The summed E-state index contributed by atoms with van der Waals surface area (Å²) in [5.74, 6) is 4.08. The maximum atomic E-state index is 6.35. The molecule has 0 bridgehead atoms. The van der Waals surface area contributed by atoms with Crippen LogP contribution in [0.5, 0.6) is 17.2 Å². The van der Waals surface area contributed by atoms with Gasteiger partial charge in [0, 0.05) is 5.56 Å². The van der Waals surface area contributed by atoms with Crippen molar-refractivity contribution in [3.63, 3.8) is 0 Å². The first-order valence-electron chi connectivity index (χ1n) is 11.7. The third-order valence-corrected chi connectivity index (χ3v) is 5.75. The van der Waals surface area contributed by atoms with Crippen LogP contribution in [0.4, 0.5) is 0 Å². The van der Waals surface area contributed by atoms with Crippen molar-refractivity contribution in [3.05, 3.63) is 84.9 Å². The molecule has 174 valence electrons. The van der Waals surface area contributed by atoms with Crippen molar-refractivity contribution in [2.24, 2.45) is 0 Å². The lowest BCUT2D eigenvalue weighted by atomic mass is 10.0. The highest BCUT2D eigenvalue weighted by molar-refractivity contribution is 5.75. The predicted molar refractivity (Wildman–Crippen MR) is 138 cm³/mol. The van der Waals surface area contributed by atoms with Gasteiger partial charge in [-0.3, -0.25) is 0 Å². The van der Waals surface area contributed by atoms with E-state index in [1.54, 1.807) is 14.2 Å². The normalized spacial score (nSPS) is 10.7. The van der Waals surface area contributed by atoms with Crippen molar-refractivity contribution in [2.45, 2.75) is 26.2 Å². The van der Waals surface area contributed by atoms with E-state index in [0.717, 1.165) is 64.1 Å². The SMILES string of the molecule is CCCCCOc1ccc(-c2cc(-c3ccc(OC)cc3)[o+]c(-c3ccc(OC)cc3)c2)cc1. The van der Waals surface area contributed by atoms with E-state index < -0.39 is 0 Å². The van der Waals surface area contributed by atoms with Crippen LogP contribution < -0.4 is 14.2 Å². The summed E-state index contributed by atoms with van der Waals surface area (Å²) in [4.78, 5) is 0. The van der Waals surface area contributed by atoms with Gasteiger partial charge in [0.15, 0.2) is 0 Å². The summed E-state index contributed by atoms with van der Waals surface area (Å²) in [7, 11) is 3.33. The van der Waals surface area contributed by atoms with Gasteiger partial charge < -0.3 is 14.2 Å². The van der Waals surface area contributed by atoms with Gasteiger partial charge in [0.05, 0.1) is 44.1 Å². The van der Waals surface area contributed by atoms with Crippen LogP contribution in [0.15, 0.2) is 89.3 Å². The van der Waals surface area contributed by atoms with Gasteiger partial charge in [0.25, 0.3) is 0 Å². The number of unbranched alkanes of at least 4 members (excludes halogenated alkanes) is 2. The monoisotopic (exact) mass is 455 g/mol. The van der Waals surface area contributed by atoms with Crippen LogP contribution >= 0.6 is 0 Å². The van der Waals surface area contributed by atoms with E-state index in [1.807, 2.05) is 60.7 Å². The van der Waals surface area contributed by atoms with E-state index in [1.165, 1.54) is 12.8 Å². The van der Waals surface area contributed by atoms with Gasteiger partial charge in [0.2, 0.25) is 0 Å². The molecule has 1 aromatic heterocycles. The van der Waals surface area contributed by atoms with Gasteiger partial charge in [-0.15, -0.1) is 0 Å². The summed E-state index contributed by atoms with van der Waals surface area (Å²) in [6.07, 6.45) is 3.46. The number of hydrogen-bond acceptors (Lipinski definition) is 3. The second kappa shape index (κ2) is 11.4. The molecule has 0 aliphatic heterocycles. The molecule has 0 aliphatic carbocycles. The third kappa shape index (κ3) is 5.76. The van der Waals surface area contributed by atoms with E-state index in [0.29, 0.717) is 0 Å². The van der Waals surface area contributed by atoms with Crippen molar-refractivity contribution in [3.8, 4) is 51.0 Å². The summed E-state index contributed by atoms with van der Waals surface area (Å²) in [6, 6.07) is 28.2. The van der Waals surface area contributed by atoms with Crippen molar-refractivity contribution in [2.75, 3.05) is 20.8 Å². The van der Waals surface area contributed by atoms with E-state index in [9.17, 15) is 0 Å². The minimum atomic E-state index is 0.751. The minimum absolute atomic E-state index is 0.751. The van der Waals surface area contributed by atoms with Crippen LogP contribution in [-0.2, 0) is 0 Å². The van der Waals surface area contributed by atoms with Gasteiger partial charge in [-0.2, -0.15) is 0 Å². The van der Waals surface area contributed by atoms with Crippen LogP contribution in [0.2, 0.25) is 0 Å². The zero-order chi connectivity index (χ0) is 23.8. The highest BCUT2D eigenvalue weighted by atomic mass is 16.5.